The Morgan fingerprint density at radius 2 is 2.06 bits per heavy atom. The lowest BCUT2D eigenvalue weighted by Crippen LogP contribution is -2.45. The maximum atomic E-state index is 11.9. The van der Waals surface area contributed by atoms with E-state index in [0.717, 1.165) is 25.9 Å². The molecule has 0 aromatic carbocycles. The van der Waals surface area contributed by atoms with Crippen molar-refractivity contribution in [2.45, 2.75) is 76.9 Å². The minimum absolute atomic E-state index is 0.0888. The van der Waals surface area contributed by atoms with Crippen LogP contribution < -0.4 is 5.32 Å². The van der Waals surface area contributed by atoms with E-state index in [4.69, 9.17) is 4.74 Å². The van der Waals surface area contributed by atoms with Crippen molar-refractivity contribution < 1.29 is 9.53 Å². The van der Waals surface area contributed by atoms with Gasteiger partial charge in [-0.1, -0.05) is 25.7 Å². The first-order valence-electron chi connectivity index (χ1n) is 7.11. The fourth-order valence-corrected chi connectivity index (χ4v) is 3.67. The van der Waals surface area contributed by atoms with Crippen molar-refractivity contribution >= 4 is 14.0 Å². The molecule has 1 aliphatic heterocycles. The zero-order valence-electron chi connectivity index (χ0n) is 12.6. The average Bonchev–Trinajstić information content (AvgIpc) is 2.13. The second-order valence-electron chi connectivity index (χ2n) is 7.28. The minimum Gasteiger partial charge on any atom is -0.375 e. The van der Waals surface area contributed by atoms with E-state index in [9.17, 15) is 4.79 Å². The first kappa shape index (κ1) is 15.7. The van der Waals surface area contributed by atoms with Crippen molar-refractivity contribution in [1.82, 2.24) is 5.32 Å². The molecule has 0 aromatic rings. The quantitative estimate of drug-likeness (QED) is 0.780. The van der Waals surface area contributed by atoms with Crippen molar-refractivity contribution in [1.29, 1.82) is 0 Å². The van der Waals surface area contributed by atoms with E-state index in [1.54, 1.807) is 0 Å². The third-order valence-electron chi connectivity index (χ3n) is 3.39. The summed E-state index contributed by atoms with van der Waals surface area (Å²) in [6.07, 6.45) is 3.59. The molecule has 4 heteroatoms. The summed E-state index contributed by atoms with van der Waals surface area (Å²) in [5, 5.41) is 3.16. The van der Waals surface area contributed by atoms with Crippen molar-refractivity contribution in [3.63, 3.8) is 0 Å². The predicted molar refractivity (Wildman–Crippen MR) is 78.6 cm³/mol. The van der Waals surface area contributed by atoms with Crippen LogP contribution in [-0.4, -0.2) is 32.2 Å². The van der Waals surface area contributed by atoms with Crippen LogP contribution in [0.4, 0.5) is 0 Å². The lowest BCUT2D eigenvalue weighted by molar-refractivity contribution is -0.124. The molecule has 0 saturated carbocycles. The van der Waals surface area contributed by atoms with Crippen LogP contribution in [-0.2, 0) is 9.53 Å². The molecule has 1 fully saturated rings. The number of ether oxygens (including phenoxy) is 1. The highest BCUT2D eigenvalue weighted by Gasteiger charge is 2.29. The van der Waals surface area contributed by atoms with E-state index in [0.29, 0.717) is 12.5 Å². The molecule has 3 nitrogen and oxygen atoms in total. The first-order valence-corrected chi connectivity index (χ1v) is 10.8. The fourth-order valence-electron chi connectivity index (χ4n) is 2.43. The number of carbonyl (C=O) groups excluding carboxylic acids is 1. The molecule has 1 aliphatic rings. The average molecular weight is 271 g/mol. The van der Waals surface area contributed by atoms with Gasteiger partial charge in [0, 0.05) is 27.1 Å². The summed E-state index contributed by atoms with van der Waals surface area (Å²) >= 11 is 0. The van der Waals surface area contributed by atoms with Gasteiger partial charge in [-0.3, -0.25) is 4.79 Å². The first-order chi connectivity index (χ1) is 8.18. The van der Waals surface area contributed by atoms with E-state index in [1.165, 1.54) is 6.04 Å². The molecule has 1 rings (SSSR count). The van der Waals surface area contributed by atoms with Gasteiger partial charge in [0.2, 0.25) is 5.91 Å². The van der Waals surface area contributed by atoms with E-state index in [2.05, 4.69) is 38.8 Å². The second-order valence-corrected chi connectivity index (χ2v) is 12.9. The molecule has 106 valence electrons. The Bertz CT molecular complexity index is 284. The van der Waals surface area contributed by atoms with E-state index in [-0.39, 0.29) is 11.5 Å². The highest BCUT2D eigenvalue weighted by atomic mass is 28.3. The minimum atomic E-state index is -0.999. The van der Waals surface area contributed by atoms with Gasteiger partial charge in [0.05, 0.1) is 5.60 Å². The maximum absolute atomic E-state index is 11.9. The Morgan fingerprint density at radius 1 is 1.39 bits per heavy atom. The van der Waals surface area contributed by atoms with Crippen LogP contribution in [0.5, 0.6) is 0 Å². The third-order valence-corrected chi connectivity index (χ3v) is 5.25. The van der Waals surface area contributed by atoms with Gasteiger partial charge < -0.3 is 10.1 Å². The predicted octanol–water partition coefficient (Wildman–Crippen LogP) is 3.18. The number of amides is 1. The smallest absolute Gasteiger partial charge is 0.220 e. The molecule has 1 unspecified atom stereocenters. The zero-order chi connectivity index (χ0) is 13.8. The van der Waals surface area contributed by atoms with Crippen LogP contribution in [0, 0.1) is 0 Å². The van der Waals surface area contributed by atoms with Crippen LogP contribution in [0.1, 0.15) is 39.5 Å². The van der Waals surface area contributed by atoms with Gasteiger partial charge in [-0.05, 0) is 33.1 Å². The maximum Gasteiger partial charge on any atom is 0.220 e. The number of rotatable bonds is 5. The van der Waals surface area contributed by atoms with Gasteiger partial charge in [0.1, 0.15) is 0 Å². The van der Waals surface area contributed by atoms with Crippen LogP contribution in [0.25, 0.3) is 0 Å². The Morgan fingerprint density at radius 3 is 2.61 bits per heavy atom. The molecular formula is C14H29NO2Si. The van der Waals surface area contributed by atoms with Crippen LogP contribution in [0.3, 0.4) is 0 Å². The molecule has 1 saturated heterocycles. The van der Waals surface area contributed by atoms with E-state index < -0.39 is 8.07 Å². The van der Waals surface area contributed by atoms with E-state index >= 15 is 0 Å². The number of carbonyl (C=O) groups is 1. The van der Waals surface area contributed by atoms with E-state index in [1.807, 2.05) is 0 Å². The molecular weight excluding hydrogens is 242 g/mol. The fraction of sp³-hybridized carbons (Fsp3) is 0.929. The van der Waals surface area contributed by atoms with Crippen molar-refractivity contribution in [3.8, 4) is 0 Å². The molecule has 0 spiro atoms. The molecule has 1 N–H and O–H groups in total. The Balaban J connectivity index is 2.24. The third kappa shape index (κ3) is 6.54. The topological polar surface area (TPSA) is 38.3 Å². The Labute approximate surface area is 113 Å². The summed E-state index contributed by atoms with van der Waals surface area (Å²) in [5.41, 5.74) is -0.0888. The Kier molecular flexibility index (Phi) is 5.41. The summed E-state index contributed by atoms with van der Waals surface area (Å²) in [7, 11) is -0.999. The summed E-state index contributed by atoms with van der Waals surface area (Å²) in [6, 6.07) is 1.54. The van der Waals surface area contributed by atoms with Crippen molar-refractivity contribution in [3.05, 3.63) is 0 Å². The second kappa shape index (κ2) is 6.20. The lowest BCUT2D eigenvalue weighted by Gasteiger charge is -2.35. The molecule has 0 aliphatic carbocycles. The molecule has 0 aromatic heterocycles. The normalized spacial score (nSPS) is 23.7. The zero-order valence-corrected chi connectivity index (χ0v) is 13.6. The van der Waals surface area contributed by atoms with Gasteiger partial charge in [0.15, 0.2) is 0 Å². The van der Waals surface area contributed by atoms with Crippen molar-refractivity contribution in [2.24, 2.45) is 0 Å². The standard InChI is InChI=1S/C14H29NO2Si/c1-14(2)11-12(8-9-17-14)15-13(16)7-6-10-18(3,4)5/h12H,6-11H2,1-5H3,(H,15,16). The summed E-state index contributed by atoms with van der Waals surface area (Å²) < 4.78 is 5.66. The van der Waals surface area contributed by atoms with Crippen LogP contribution in [0.2, 0.25) is 25.7 Å². The molecule has 1 amide bonds. The molecule has 1 atom stereocenters. The largest absolute Gasteiger partial charge is 0.375 e. The van der Waals surface area contributed by atoms with Gasteiger partial charge in [-0.15, -0.1) is 0 Å². The molecule has 1 heterocycles. The number of hydrogen-bond acceptors (Lipinski definition) is 2. The highest BCUT2D eigenvalue weighted by Crippen LogP contribution is 2.24. The number of hydrogen-bond donors (Lipinski definition) is 1. The van der Waals surface area contributed by atoms with Crippen LogP contribution in [0.15, 0.2) is 0 Å². The summed E-state index contributed by atoms with van der Waals surface area (Å²) in [4.78, 5) is 11.9. The van der Waals surface area contributed by atoms with Crippen LogP contribution >= 0.6 is 0 Å². The molecule has 0 bridgehead atoms. The summed E-state index contributed by atoms with van der Waals surface area (Å²) in [5.74, 6) is 0.218. The molecule has 0 radical (unpaired) electrons. The SMILES string of the molecule is CC1(C)CC(NC(=O)CCC[Si](C)(C)C)CCO1. The van der Waals surface area contributed by atoms with Gasteiger partial charge in [0.25, 0.3) is 0 Å². The monoisotopic (exact) mass is 271 g/mol. The summed E-state index contributed by atoms with van der Waals surface area (Å²) in [6.45, 7) is 12.0. The highest BCUT2D eigenvalue weighted by molar-refractivity contribution is 6.76. The molecule has 18 heavy (non-hydrogen) atoms. The Hall–Kier alpha value is -0.353. The number of nitrogens with one attached hydrogen (secondary N) is 1. The lowest BCUT2D eigenvalue weighted by atomic mass is 9.94. The van der Waals surface area contributed by atoms with Gasteiger partial charge in [-0.2, -0.15) is 0 Å². The van der Waals surface area contributed by atoms with Gasteiger partial charge >= 0.3 is 0 Å². The van der Waals surface area contributed by atoms with Gasteiger partial charge in [-0.25, -0.2) is 0 Å². The van der Waals surface area contributed by atoms with Crippen molar-refractivity contribution in [2.75, 3.05) is 6.61 Å².